The molecule has 52 heavy (non-hydrogen) atoms. The van der Waals surface area contributed by atoms with Crippen molar-refractivity contribution in [2.24, 2.45) is 0 Å². The van der Waals surface area contributed by atoms with Gasteiger partial charge in [-0.3, -0.25) is 4.67 Å². The molecule has 1 aliphatic heterocycles. The molecule has 0 saturated carbocycles. The average Bonchev–Trinajstić information content (AvgIpc) is 3.51. The fraction of sp³-hybridized carbons (Fsp3) is 0. The molecule has 1 heterocycles. The highest BCUT2D eigenvalue weighted by Gasteiger charge is 2.40. The molecule has 2 N–H and O–H groups in total. The molecule has 0 amide bonds. The summed E-state index contributed by atoms with van der Waals surface area (Å²) in [6.45, 7) is 0. The Morgan fingerprint density at radius 1 is 0.673 bits per heavy atom. The lowest BCUT2D eigenvalue weighted by Gasteiger charge is -2.30. The van der Waals surface area contributed by atoms with Gasteiger partial charge in [0.25, 0.3) is 0 Å². The first-order valence-electron chi connectivity index (χ1n) is 16.7. The van der Waals surface area contributed by atoms with E-state index in [0.717, 1.165) is 61.5 Å². The number of anilines is 6. The highest BCUT2D eigenvalue weighted by atomic mass is 32.4. The van der Waals surface area contributed by atoms with Gasteiger partial charge in [0.2, 0.25) is 6.42 Å². The molecule has 7 aromatic carbocycles. The quantitative estimate of drug-likeness (QED) is 0.128. The number of phenolic OH excluding ortho intramolecular Hbond substituents is 1. The van der Waals surface area contributed by atoms with Crippen molar-refractivity contribution < 1.29 is 14.2 Å². The number of rotatable bonds is 11. The number of hydrogen-bond acceptors (Lipinski definition) is 6. The summed E-state index contributed by atoms with van der Waals surface area (Å²) in [6, 6.07) is 60.4. The van der Waals surface area contributed by atoms with Crippen molar-refractivity contribution in [1.82, 2.24) is 0 Å². The summed E-state index contributed by atoms with van der Waals surface area (Å²) in [6.07, 6.45) is -2.90. The summed E-state index contributed by atoms with van der Waals surface area (Å²) in [4.78, 5) is 0. The summed E-state index contributed by atoms with van der Waals surface area (Å²) in [5.41, 5.74) is 5.47. The Balaban J connectivity index is 1.22. The minimum Gasteiger partial charge on any atom is -0.506 e. The SMILES string of the molecule is Oc1ccccc1N(Pc1cc(POc2ccccc2Nc2ccccc2)cc(P2(=S)Oc3ccccc3N2c2ccccc2)c1)c1ccccc1. The van der Waals surface area contributed by atoms with Gasteiger partial charge >= 0.3 is 0 Å². The Labute approximate surface area is 312 Å². The van der Waals surface area contributed by atoms with E-state index in [2.05, 4.69) is 63.2 Å². The molecule has 0 bridgehead atoms. The number of hydrogen-bond donors (Lipinski definition) is 2. The third kappa shape index (κ3) is 7.15. The predicted octanol–water partition coefficient (Wildman–Crippen LogP) is 10.7. The minimum absolute atomic E-state index is 0.0270. The number of fused-ring (bicyclic) bond motifs is 1. The van der Waals surface area contributed by atoms with E-state index in [4.69, 9.17) is 20.9 Å². The fourth-order valence-electron chi connectivity index (χ4n) is 6.02. The van der Waals surface area contributed by atoms with Crippen molar-refractivity contribution in [3.8, 4) is 17.2 Å². The van der Waals surface area contributed by atoms with Crippen molar-refractivity contribution in [2.45, 2.75) is 0 Å². The van der Waals surface area contributed by atoms with Gasteiger partial charge in [0, 0.05) is 36.4 Å². The highest BCUT2D eigenvalue weighted by molar-refractivity contribution is 8.17. The lowest BCUT2D eigenvalue weighted by Crippen LogP contribution is -2.26. The van der Waals surface area contributed by atoms with Crippen LogP contribution in [0, 0.1) is 0 Å². The normalized spacial score (nSPS) is 15.1. The highest BCUT2D eigenvalue weighted by Crippen LogP contribution is 2.64. The Hall–Kier alpha value is -5.15. The van der Waals surface area contributed by atoms with Crippen molar-refractivity contribution in [1.29, 1.82) is 0 Å². The smallest absolute Gasteiger partial charge is 0.239 e. The molecule has 3 unspecified atom stereocenters. The number of aromatic hydroxyl groups is 1. The topological polar surface area (TPSA) is 57.2 Å². The second kappa shape index (κ2) is 15.2. The molecule has 0 aromatic heterocycles. The van der Waals surface area contributed by atoms with Crippen LogP contribution >= 0.6 is 24.0 Å². The second-order valence-corrected chi connectivity index (χ2v) is 17.8. The van der Waals surface area contributed by atoms with Crippen LogP contribution in [0.25, 0.3) is 0 Å². The number of nitrogens with zero attached hydrogens (tertiary/aromatic N) is 2. The third-order valence-corrected chi connectivity index (χ3v) is 14.2. The van der Waals surface area contributed by atoms with Gasteiger partial charge in [-0.1, -0.05) is 91.0 Å². The molecule has 0 fully saturated rings. The molecule has 7 aromatic rings. The molecule has 10 heteroatoms. The van der Waals surface area contributed by atoms with Gasteiger partial charge in [-0.25, -0.2) is 0 Å². The van der Waals surface area contributed by atoms with Crippen LogP contribution < -0.4 is 39.6 Å². The van der Waals surface area contributed by atoms with Crippen LogP contribution in [0.3, 0.4) is 0 Å². The van der Waals surface area contributed by atoms with Crippen molar-refractivity contribution in [2.75, 3.05) is 14.7 Å². The second-order valence-electron chi connectivity index (χ2n) is 12.0. The predicted molar refractivity (Wildman–Crippen MR) is 225 cm³/mol. The number of nitrogens with one attached hydrogen (secondary N) is 1. The average molecular weight is 754 g/mol. The first-order chi connectivity index (χ1) is 25.5. The summed E-state index contributed by atoms with van der Waals surface area (Å²) >= 11 is 6.67. The van der Waals surface area contributed by atoms with Crippen LogP contribution in [0.5, 0.6) is 17.2 Å². The van der Waals surface area contributed by atoms with Gasteiger partial charge in [0.15, 0.2) is 5.75 Å². The van der Waals surface area contributed by atoms with E-state index in [1.54, 1.807) is 6.07 Å². The zero-order valence-electron chi connectivity index (χ0n) is 27.8. The van der Waals surface area contributed by atoms with Crippen LogP contribution in [0.15, 0.2) is 182 Å². The summed E-state index contributed by atoms with van der Waals surface area (Å²) in [5.74, 6) is 1.72. The largest absolute Gasteiger partial charge is 0.506 e. The molecule has 0 aliphatic carbocycles. The number of phenols is 1. The molecule has 3 atom stereocenters. The molecule has 256 valence electrons. The third-order valence-electron chi connectivity index (χ3n) is 8.42. The monoisotopic (exact) mass is 753 g/mol. The van der Waals surface area contributed by atoms with E-state index in [9.17, 15) is 5.11 Å². The molecule has 8 rings (SSSR count). The standard InChI is InChI=1S/C42H34N3O3P3S/c46-40-25-13-11-23-38(40)44(32-18-6-2-7-19-32)49-34-28-35(50-47-41-26-14-10-22-37(41)43-31-16-4-1-5-17-31)30-36(29-34)51(52)45(33-20-8-3-9-21-33)39-24-12-15-27-42(39)48-51/h1-30,43,46,49-50H. The summed E-state index contributed by atoms with van der Waals surface area (Å²) in [7, 11) is 0.0897. The Morgan fingerprint density at radius 2 is 1.31 bits per heavy atom. The fourth-order valence-corrected chi connectivity index (χ4v) is 12.0. The molecule has 0 saturated heterocycles. The van der Waals surface area contributed by atoms with Crippen LogP contribution in [0.4, 0.5) is 34.1 Å². The lowest BCUT2D eigenvalue weighted by molar-refractivity contribution is 0.477. The van der Waals surface area contributed by atoms with E-state index in [1.807, 2.05) is 127 Å². The van der Waals surface area contributed by atoms with Gasteiger partial charge < -0.3 is 24.1 Å². The Bertz CT molecular complexity index is 2370. The van der Waals surface area contributed by atoms with Gasteiger partial charge in [0.05, 0.1) is 17.1 Å². The minimum atomic E-state index is -2.90. The lowest BCUT2D eigenvalue weighted by atomic mass is 10.2. The van der Waals surface area contributed by atoms with E-state index in [-0.39, 0.29) is 23.3 Å². The Morgan fingerprint density at radius 3 is 2.10 bits per heavy atom. The van der Waals surface area contributed by atoms with Crippen LogP contribution in [0.2, 0.25) is 0 Å². The van der Waals surface area contributed by atoms with Gasteiger partial charge in [-0.2, -0.15) is 0 Å². The zero-order chi connectivity index (χ0) is 35.3. The molecule has 0 spiro atoms. The molecular weight excluding hydrogens is 719 g/mol. The first-order valence-corrected chi connectivity index (χ1v) is 21.2. The van der Waals surface area contributed by atoms with Gasteiger partial charge in [-0.05, 0) is 108 Å². The maximum atomic E-state index is 11.0. The maximum Gasteiger partial charge on any atom is 0.239 e. The van der Waals surface area contributed by atoms with E-state index in [1.165, 1.54) is 0 Å². The van der Waals surface area contributed by atoms with Gasteiger partial charge in [0.1, 0.15) is 20.3 Å². The number of para-hydroxylation sites is 9. The van der Waals surface area contributed by atoms with Crippen LogP contribution in [-0.2, 0) is 11.8 Å². The Kier molecular flexibility index (Phi) is 9.94. The summed E-state index contributed by atoms with van der Waals surface area (Å²) in [5, 5.41) is 17.5. The number of benzene rings is 7. The van der Waals surface area contributed by atoms with Crippen LogP contribution in [0.1, 0.15) is 0 Å². The molecule has 6 nitrogen and oxygen atoms in total. The van der Waals surface area contributed by atoms with Crippen molar-refractivity contribution in [3.63, 3.8) is 0 Å². The van der Waals surface area contributed by atoms with Crippen LogP contribution in [-0.4, -0.2) is 5.11 Å². The van der Waals surface area contributed by atoms with Crippen molar-refractivity contribution >= 4 is 85.8 Å². The zero-order valence-corrected chi connectivity index (χ0v) is 31.5. The van der Waals surface area contributed by atoms with Crippen molar-refractivity contribution in [3.05, 3.63) is 182 Å². The van der Waals surface area contributed by atoms with E-state index >= 15 is 0 Å². The van der Waals surface area contributed by atoms with E-state index < -0.39 is 6.42 Å². The molecule has 1 aliphatic rings. The molecular formula is C42H34N3O3P3S. The molecule has 0 radical (unpaired) electrons. The van der Waals surface area contributed by atoms with E-state index in [0.29, 0.717) is 0 Å². The summed E-state index contributed by atoms with van der Waals surface area (Å²) < 4.78 is 17.8. The van der Waals surface area contributed by atoms with Gasteiger partial charge in [-0.15, -0.1) is 0 Å². The maximum absolute atomic E-state index is 11.0. The first kappa shape index (κ1) is 34.0.